The van der Waals surface area contributed by atoms with E-state index >= 15 is 0 Å². The molecule has 0 radical (unpaired) electrons. The van der Waals surface area contributed by atoms with E-state index in [2.05, 4.69) is 120 Å². The van der Waals surface area contributed by atoms with Crippen LogP contribution in [0.4, 0.5) is 0 Å². The third kappa shape index (κ3) is 2.98. The van der Waals surface area contributed by atoms with Gasteiger partial charge in [-0.25, -0.2) is 0 Å². The summed E-state index contributed by atoms with van der Waals surface area (Å²) in [6.07, 6.45) is 3.77. The van der Waals surface area contributed by atoms with Crippen molar-refractivity contribution >= 4 is 43.1 Å². The fourth-order valence-corrected chi connectivity index (χ4v) is 5.25. The lowest BCUT2D eigenvalue weighted by Crippen LogP contribution is -1.87. The number of nitrogens with zero attached hydrogens (tertiary/aromatic N) is 1. The predicted octanol–water partition coefficient (Wildman–Crippen LogP) is 9.03. The highest BCUT2D eigenvalue weighted by Gasteiger charge is 2.12. The van der Waals surface area contributed by atoms with Gasteiger partial charge in [0.1, 0.15) is 0 Å². The summed E-state index contributed by atoms with van der Waals surface area (Å²) >= 11 is 0. The Morgan fingerprint density at radius 3 is 2.09 bits per heavy atom. The van der Waals surface area contributed by atoms with Crippen LogP contribution in [0.1, 0.15) is 0 Å². The van der Waals surface area contributed by atoms with Gasteiger partial charge in [-0.15, -0.1) is 0 Å². The highest BCUT2D eigenvalue weighted by molar-refractivity contribution is 6.23. The molecule has 0 atom stereocenters. The zero-order chi connectivity index (χ0) is 22.5. The smallest absolute Gasteiger partial charge is 0.0346 e. The Bertz CT molecular complexity index is 1860. The second kappa shape index (κ2) is 7.54. The van der Waals surface area contributed by atoms with E-state index in [0.717, 1.165) is 5.39 Å². The predicted molar refractivity (Wildman–Crippen MR) is 145 cm³/mol. The number of aromatic nitrogens is 1. The van der Waals surface area contributed by atoms with Gasteiger partial charge in [-0.05, 0) is 84.2 Å². The zero-order valence-electron chi connectivity index (χ0n) is 18.6. The Morgan fingerprint density at radius 1 is 0.412 bits per heavy atom. The molecule has 7 aromatic rings. The van der Waals surface area contributed by atoms with Crippen molar-refractivity contribution in [3.63, 3.8) is 0 Å². The minimum Gasteiger partial charge on any atom is -0.264 e. The molecular formula is C33H21N. The molecule has 7 rings (SSSR count). The summed E-state index contributed by atoms with van der Waals surface area (Å²) in [5.74, 6) is 0. The highest BCUT2D eigenvalue weighted by atomic mass is 14.6. The number of pyridine rings is 1. The lowest BCUT2D eigenvalue weighted by molar-refractivity contribution is 1.36. The van der Waals surface area contributed by atoms with E-state index in [1.807, 2.05) is 12.4 Å². The third-order valence-corrected chi connectivity index (χ3v) is 6.90. The lowest BCUT2D eigenvalue weighted by Gasteiger charge is -2.14. The van der Waals surface area contributed by atoms with Crippen molar-refractivity contribution in [2.24, 2.45) is 0 Å². The van der Waals surface area contributed by atoms with Gasteiger partial charge in [0.15, 0.2) is 0 Å². The van der Waals surface area contributed by atoms with Gasteiger partial charge in [0.2, 0.25) is 0 Å². The first-order chi connectivity index (χ1) is 16.8. The first-order valence-corrected chi connectivity index (χ1v) is 11.6. The largest absolute Gasteiger partial charge is 0.264 e. The van der Waals surface area contributed by atoms with E-state index in [1.54, 1.807) is 0 Å². The van der Waals surface area contributed by atoms with Crippen LogP contribution in [-0.4, -0.2) is 4.98 Å². The zero-order valence-corrected chi connectivity index (χ0v) is 18.6. The van der Waals surface area contributed by atoms with Crippen LogP contribution in [0.5, 0.6) is 0 Å². The fourth-order valence-electron chi connectivity index (χ4n) is 5.25. The van der Waals surface area contributed by atoms with E-state index < -0.39 is 0 Å². The normalized spacial score (nSPS) is 11.5. The maximum Gasteiger partial charge on any atom is 0.0346 e. The van der Waals surface area contributed by atoms with Crippen LogP contribution in [0.15, 0.2) is 128 Å². The number of hydrogen-bond donors (Lipinski definition) is 0. The van der Waals surface area contributed by atoms with Crippen LogP contribution in [0.25, 0.3) is 65.3 Å². The summed E-state index contributed by atoms with van der Waals surface area (Å²) in [6.45, 7) is 0. The molecule has 0 bridgehead atoms. The summed E-state index contributed by atoms with van der Waals surface area (Å²) in [5, 5.41) is 10.1. The monoisotopic (exact) mass is 431 g/mol. The van der Waals surface area contributed by atoms with Crippen LogP contribution in [0, 0.1) is 0 Å². The molecule has 0 saturated heterocycles. The molecule has 0 saturated carbocycles. The van der Waals surface area contributed by atoms with E-state index in [4.69, 9.17) is 0 Å². The lowest BCUT2D eigenvalue weighted by atomic mass is 9.90. The molecule has 0 amide bonds. The number of benzene rings is 6. The molecule has 0 fully saturated rings. The van der Waals surface area contributed by atoms with E-state index in [0.29, 0.717) is 0 Å². The van der Waals surface area contributed by atoms with Gasteiger partial charge >= 0.3 is 0 Å². The van der Waals surface area contributed by atoms with Gasteiger partial charge in [-0.1, -0.05) is 91.0 Å². The summed E-state index contributed by atoms with van der Waals surface area (Å²) in [4.78, 5) is 4.24. The van der Waals surface area contributed by atoms with Crippen molar-refractivity contribution in [2.45, 2.75) is 0 Å². The third-order valence-electron chi connectivity index (χ3n) is 6.90. The van der Waals surface area contributed by atoms with Gasteiger partial charge in [0, 0.05) is 17.8 Å². The first-order valence-electron chi connectivity index (χ1n) is 11.6. The average molecular weight is 432 g/mol. The molecule has 0 N–H and O–H groups in total. The van der Waals surface area contributed by atoms with Gasteiger partial charge in [-0.2, -0.15) is 0 Å². The quantitative estimate of drug-likeness (QED) is 0.249. The molecule has 1 aromatic heterocycles. The standard InChI is InChI=1S/C33H21N/c1-2-9-29-22(6-1)12-14-27-20-32(30-10-3-4-11-31(30)33(27)29)26-8-5-7-23(19-26)24-13-15-28-21-34-17-16-25(28)18-24/h1-21H. The molecule has 0 aliphatic rings. The van der Waals surface area contributed by atoms with Crippen molar-refractivity contribution in [1.82, 2.24) is 4.98 Å². The molecule has 1 nitrogen and oxygen atoms in total. The number of fused-ring (bicyclic) bond motifs is 6. The summed E-state index contributed by atoms with van der Waals surface area (Å²) in [7, 11) is 0. The minimum atomic E-state index is 1.16. The van der Waals surface area contributed by atoms with Gasteiger partial charge in [-0.3, -0.25) is 4.98 Å². The maximum atomic E-state index is 4.24. The summed E-state index contributed by atoms with van der Waals surface area (Å²) in [6, 6.07) is 41.9. The molecular weight excluding hydrogens is 410 g/mol. The van der Waals surface area contributed by atoms with Crippen LogP contribution in [0.3, 0.4) is 0 Å². The summed E-state index contributed by atoms with van der Waals surface area (Å²) < 4.78 is 0. The molecule has 6 aromatic carbocycles. The number of rotatable bonds is 2. The van der Waals surface area contributed by atoms with E-state index in [9.17, 15) is 0 Å². The van der Waals surface area contributed by atoms with E-state index in [1.165, 1.54) is 60.0 Å². The van der Waals surface area contributed by atoms with E-state index in [-0.39, 0.29) is 0 Å². The Morgan fingerprint density at radius 2 is 1.15 bits per heavy atom. The minimum absolute atomic E-state index is 1.16. The van der Waals surface area contributed by atoms with Crippen LogP contribution < -0.4 is 0 Å². The highest BCUT2D eigenvalue weighted by Crippen LogP contribution is 2.39. The van der Waals surface area contributed by atoms with Gasteiger partial charge in [0.05, 0.1) is 0 Å². The Hall–Kier alpha value is -4.49. The van der Waals surface area contributed by atoms with Crippen molar-refractivity contribution in [3.05, 3.63) is 128 Å². The molecule has 0 spiro atoms. The first kappa shape index (κ1) is 19.0. The Labute approximate surface area is 197 Å². The van der Waals surface area contributed by atoms with Crippen LogP contribution in [-0.2, 0) is 0 Å². The van der Waals surface area contributed by atoms with Crippen molar-refractivity contribution in [2.75, 3.05) is 0 Å². The second-order valence-corrected chi connectivity index (χ2v) is 8.87. The molecule has 34 heavy (non-hydrogen) atoms. The number of hydrogen-bond acceptors (Lipinski definition) is 1. The van der Waals surface area contributed by atoms with Crippen LogP contribution in [0.2, 0.25) is 0 Å². The second-order valence-electron chi connectivity index (χ2n) is 8.87. The fraction of sp³-hybridized carbons (Fsp3) is 0. The van der Waals surface area contributed by atoms with Gasteiger partial charge < -0.3 is 0 Å². The summed E-state index contributed by atoms with van der Waals surface area (Å²) in [5.41, 5.74) is 4.94. The molecule has 1 heterocycles. The van der Waals surface area contributed by atoms with Crippen LogP contribution >= 0.6 is 0 Å². The molecule has 0 aliphatic carbocycles. The Kier molecular flexibility index (Phi) is 4.22. The maximum absolute atomic E-state index is 4.24. The Balaban J connectivity index is 1.47. The van der Waals surface area contributed by atoms with Crippen molar-refractivity contribution in [1.29, 1.82) is 0 Å². The average Bonchev–Trinajstić information content (AvgIpc) is 2.92. The topological polar surface area (TPSA) is 12.9 Å². The van der Waals surface area contributed by atoms with Crippen molar-refractivity contribution in [3.8, 4) is 22.3 Å². The molecule has 0 unspecified atom stereocenters. The van der Waals surface area contributed by atoms with Gasteiger partial charge in [0.25, 0.3) is 0 Å². The van der Waals surface area contributed by atoms with Crippen molar-refractivity contribution < 1.29 is 0 Å². The molecule has 0 aliphatic heterocycles. The SMILES string of the molecule is c1cc(-c2ccc3cnccc3c2)cc(-c2cc3ccc4ccccc4c3c3ccccc23)c1. The molecule has 1 heteroatoms. The molecule has 158 valence electrons.